The normalized spacial score (nSPS) is 13.7. The molecule has 0 aromatic heterocycles. The van der Waals surface area contributed by atoms with E-state index in [0.29, 0.717) is 0 Å². The van der Waals surface area contributed by atoms with Gasteiger partial charge in [0.15, 0.2) is 0 Å². The van der Waals surface area contributed by atoms with Crippen LogP contribution in [-0.4, -0.2) is 3.21 Å². The van der Waals surface area contributed by atoms with E-state index in [1.165, 1.54) is 82.3 Å². The molecular formula is C39H38Cl2Zr-2. The predicted octanol–water partition coefficient (Wildman–Crippen LogP) is 4.27. The van der Waals surface area contributed by atoms with E-state index < -0.39 is 0 Å². The van der Waals surface area contributed by atoms with Crippen molar-refractivity contribution in [3.63, 3.8) is 0 Å². The molecule has 42 heavy (non-hydrogen) atoms. The minimum absolute atomic E-state index is 0. The molecule has 0 heterocycles. The molecule has 0 atom stereocenters. The topological polar surface area (TPSA) is 0 Å². The molecule has 7 rings (SSSR count). The van der Waals surface area contributed by atoms with Gasteiger partial charge in [-0.1, -0.05) is 96.1 Å². The van der Waals surface area contributed by atoms with E-state index in [9.17, 15) is 0 Å². The Labute approximate surface area is 279 Å². The van der Waals surface area contributed by atoms with Gasteiger partial charge in [-0.3, -0.25) is 6.08 Å². The number of benzene rings is 4. The maximum atomic E-state index is 2.99. The molecule has 0 aliphatic heterocycles. The van der Waals surface area contributed by atoms with E-state index >= 15 is 0 Å². The number of rotatable bonds is 4. The van der Waals surface area contributed by atoms with E-state index in [4.69, 9.17) is 0 Å². The standard InChI is InChI=1S/C27H21.C7H12.C5H5.2ClH.Zr/c1-3-7-20(8-4-1)15-22-11-13-24-19-25-14-12-23(18-27(25)26(24)17-22)16-21-9-5-2-6-10-21;1-2-4-6-7-5-3-1;1-2-4-5-3-1;;;/h1-14,17-19H,15-16H2;1-6H2;1-3H,4H2;2*1H;/q-1;;-1;;;+2/p-2. The monoisotopic (exact) mass is 666 g/mol. The van der Waals surface area contributed by atoms with Crippen molar-refractivity contribution in [1.29, 1.82) is 0 Å². The summed E-state index contributed by atoms with van der Waals surface area (Å²) in [5.74, 6) is 0. The Kier molecular flexibility index (Phi) is 14.8. The van der Waals surface area contributed by atoms with E-state index in [2.05, 4.69) is 115 Å². The zero-order valence-corrected chi connectivity index (χ0v) is 28.1. The zero-order chi connectivity index (χ0) is 27.4. The van der Waals surface area contributed by atoms with Gasteiger partial charge in [0.1, 0.15) is 0 Å². The van der Waals surface area contributed by atoms with Crippen molar-refractivity contribution in [2.75, 3.05) is 0 Å². The average Bonchev–Trinajstić information content (AvgIpc) is 3.63. The summed E-state index contributed by atoms with van der Waals surface area (Å²) in [6.45, 7) is 0. The minimum Gasteiger partial charge on any atom is -0.126 e. The van der Waals surface area contributed by atoms with Crippen LogP contribution < -0.4 is 24.8 Å². The largest absolute Gasteiger partial charge is 0.126 e. The Morgan fingerprint density at radius 2 is 1.10 bits per heavy atom. The Morgan fingerprint density at radius 3 is 1.50 bits per heavy atom. The maximum Gasteiger partial charge on any atom is -0.00385 e. The van der Waals surface area contributed by atoms with Crippen molar-refractivity contribution >= 4 is 24.8 Å². The average molecular weight is 669 g/mol. The van der Waals surface area contributed by atoms with Crippen LogP contribution in [0.1, 0.15) is 67.2 Å². The van der Waals surface area contributed by atoms with Gasteiger partial charge in [0.05, 0.1) is 0 Å². The molecule has 0 amide bonds. The number of hydrogen-bond donors (Lipinski definition) is 0. The van der Waals surface area contributed by atoms with Crippen molar-refractivity contribution in [3.05, 3.63) is 150 Å². The molecule has 5 aromatic carbocycles. The van der Waals surface area contributed by atoms with E-state index in [1.54, 1.807) is 24.2 Å². The summed E-state index contributed by atoms with van der Waals surface area (Å²) in [4.78, 5) is 0. The second-order valence-corrected chi connectivity index (χ2v) is 12.6. The molecular weight excluding hydrogens is 631 g/mol. The fourth-order valence-corrected chi connectivity index (χ4v) is 6.34. The zero-order valence-electron chi connectivity index (χ0n) is 24.2. The molecule has 5 aromatic rings. The number of hydrogen-bond acceptors (Lipinski definition) is 0. The van der Waals surface area contributed by atoms with E-state index in [-0.39, 0.29) is 24.8 Å². The Balaban J connectivity index is 0.000000268. The summed E-state index contributed by atoms with van der Waals surface area (Å²) in [7, 11) is 0. The van der Waals surface area contributed by atoms with Crippen LogP contribution in [0.25, 0.3) is 21.5 Å². The Morgan fingerprint density at radius 1 is 0.595 bits per heavy atom. The van der Waals surface area contributed by atoms with Crippen LogP contribution in [0, 0.1) is 6.08 Å². The Bertz CT molecular complexity index is 1460. The van der Waals surface area contributed by atoms with Crippen LogP contribution in [0.3, 0.4) is 0 Å². The van der Waals surface area contributed by atoms with E-state index in [0.717, 1.165) is 19.3 Å². The molecule has 2 aliphatic carbocycles. The minimum atomic E-state index is 0. The number of allylic oxidation sites excluding steroid dienone is 4. The summed E-state index contributed by atoms with van der Waals surface area (Å²) in [6.07, 6.45) is 20.8. The van der Waals surface area contributed by atoms with Crippen molar-refractivity contribution in [3.8, 4) is 0 Å². The van der Waals surface area contributed by atoms with Gasteiger partial charge in [-0.25, -0.2) is 12.2 Å². The third-order valence-electron chi connectivity index (χ3n) is 7.63. The molecule has 0 radical (unpaired) electrons. The van der Waals surface area contributed by atoms with Gasteiger partial charge in [-0.05, 0) is 24.0 Å². The summed E-state index contributed by atoms with van der Waals surface area (Å²) in [6, 6.07) is 37.5. The van der Waals surface area contributed by atoms with Gasteiger partial charge in [-0.2, -0.15) is 6.08 Å². The second kappa shape index (κ2) is 18.3. The van der Waals surface area contributed by atoms with Gasteiger partial charge in [-0.15, -0.1) is 46.2 Å². The molecule has 0 N–H and O–H groups in total. The first kappa shape index (κ1) is 34.1. The van der Waals surface area contributed by atoms with Gasteiger partial charge >= 0.3 is 66.0 Å². The molecule has 0 unspecified atom stereocenters. The fraction of sp³-hybridized carbons (Fsp3) is 0.231. The molecule has 2 aliphatic rings. The smallest absolute Gasteiger partial charge is 0.00385 e. The Hall–Kier alpha value is -2.44. The van der Waals surface area contributed by atoms with Crippen LogP contribution in [-0.2, 0) is 37.1 Å². The predicted molar refractivity (Wildman–Crippen MR) is 170 cm³/mol. The van der Waals surface area contributed by atoms with Gasteiger partial charge in [0.25, 0.3) is 0 Å². The number of fused-ring (bicyclic) bond motifs is 3. The molecule has 214 valence electrons. The molecule has 1 fully saturated rings. The van der Waals surface area contributed by atoms with Crippen LogP contribution in [0.2, 0.25) is 0 Å². The molecule has 0 bridgehead atoms. The molecule has 1 saturated carbocycles. The molecule has 3 heteroatoms. The third kappa shape index (κ3) is 10.4. The summed E-state index contributed by atoms with van der Waals surface area (Å²) in [5.41, 5.74) is 5.46. The SMILES string of the molecule is [C-]1=CC=CC1.[Cl-].[Cl-].[Zr+2]=[C]1CCCCCC1.c1ccc(Cc2ccc3[cH-]c4ccc(Cc5ccccc5)cc4c3c2)cc1. The molecule has 0 nitrogen and oxygen atoms in total. The van der Waals surface area contributed by atoms with Gasteiger partial charge in [0.2, 0.25) is 0 Å². The van der Waals surface area contributed by atoms with Crippen molar-refractivity contribution < 1.29 is 49.0 Å². The molecule has 0 spiro atoms. The van der Waals surface area contributed by atoms with Crippen molar-refractivity contribution in [2.24, 2.45) is 0 Å². The first-order valence-electron chi connectivity index (χ1n) is 14.7. The first-order valence-corrected chi connectivity index (χ1v) is 15.9. The first-order chi connectivity index (χ1) is 19.7. The number of halogens is 2. The fourth-order valence-electron chi connectivity index (χ4n) is 5.47. The van der Waals surface area contributed by atoms with Crippen LogP contribution in [0.4, 0.5) is 0 Å². The van der Waals surface area contributed by atoms with E-state index in [1.807, 2.05) is 15.4 Å². The summed E-state index contributed by atoms with van der Waals surface area (Å²) >= 11 is 1.69. The summed E-state index contributed by atoms with van der Waals surface area (Å²) < 4.78 is 1.81. The molecule has 0 saturated heterocycles. The van der Waals surface area contributed by atoms with Crippen LogP contribution >= 0.6 is 0 Å². The van der Waals surface area contributed by atoms with Crippen LogP contribution in [0.5, 0.6) is 0 Å². The van der Waals surface area contributed by atoms with Crippen LogP contribution in [0.15, 0.2) is 121 Å². The quantitative estimate of drug-likeness (QED) is 0.199. The summed E-state index contributed by atoms with van der Waals surface area (Å²) in [5, 5.41) is 5.40. The maximum absolute atomic E-state index is 2.99. The van der Waals surface area contributed by atoms with Crippen molar-refractivity contribution in [2.45, 2.75) is 57.8 Å². The second-order valence-electron chi connectivity index (χ2n) is 10.8. The third-order valence-corrected chi connectivity index (χ3v) is 8.86. The van der Waals surface area contributed by atoms with Gasteiger partial charge in [0, 0.05) is 0 Å². The van der Waals surface area contributed by atoms with Crippen molar-refractivity contribution in [1.82, 2.24) is 0 Å². The van der Waals surface area contributed by atoms with Gasteiger partial charge < -0.3 is 24.8 Å².